The quantitative estimate of drug-likeness (QED) is 0.770. The molecule has 1 fully saturated rings. The Labute approximate surface area is 98.5 Å². The van der Waals surface area contributed by atoms with Gasteiger partial charge in [0.05, 0.1) is 5.25 Å². The van der Waals surface area contributed by atoms with Gasteiger partial charge < -0.3 is 11.2 Å². The Hall–Kier alpha value is -0.860. The topological polar surface area (TPSA) is 88.3 Å². The van der Waals surface area contributed by atoms with Crippen molar-refractivity contribution in [1.29, 1.82) is 0 Å². The highest BCUT2D eigenvalue weighted by Crippen LogP contribution is 2.40. The number of nitrogens with zero attached hydrogens (tertiary/aromatic N) is 2. The molecule has 0 amide bonds. The molecule has 1 aromatic heterocycles. The van der Waals surface area contributed by atoms with E-state index in [0.717, 1.165) is 24.4 Å². The molecule has 0 unspecified atom stereocenters. The van der Waals surface area contributed by atoms with Crippen LogP contribution in [0.1, 0.15) is 12.8 Å². The maximum atomic E-state index is 12.1. The van der Waals surface area contributed by atoms with E-state index in [4.69, 9.17) is 5.73 Å². The maximum Gasteiger partial charge on any atom is 0.187 e. The molecule has 8 heteroatoms. The number of anilines is 2. The van der Waals surface area contributed by atoms with Crippen LogP contribution in [0.5, 0.6) is 0 Å². The summed E-state index contributed by atoms with van der Waals surface area (Å²) in [7, 11) is 0.267. The summed E-state index contributed by atoms with van der Waals surface area (Å²) in [6, 6.07) is 0. The maximum absolute atomic E-state index is 12.1. The zero-order valence-corrected chi connectivity index (χ0v) is 10.7. The molecule has 1 aliphatic carbocycles. The fourth-order valence-electron chi connectivity index (χ4n) is 1.39. The van der Waals surface area contributed by atoms with Gasteiger partial charge in [0.2, 0.25) is 0 Å². The van der Waals surface area contributed by atoms with Crippen molar-refractivity contribution in [3.63, 3.8) is 0 Å². The van der Waals surface area contributed by atoms with Gasteiger partial charge in [0.1, 0.15) is 9.90 Å². The van der Waals surface area contributed by atoms with Gasteiger partial charge in [-0.15, -0.1) is 0 Å². The summed E-state index contributed by atoms with van der Waals surface area (Å²) in [5, 5.41) is 1.89. The van der Waals surface area contributed by atoms with E-state index in [9.17, 15) is 8.42 Å². The molecule has 6 nitrogen and oxygen atoms in total. The minimum atomic E-state index is -3.30. The van der Waals surface area contributed by atoms with E-state index in [1.807, 2.05) is 0 Å². The lowest BCUT2D eigenvalue weighted by Crippen LogP contribution is -2.21. The van der Waals surface area contributed by atoms with Crippen molar-refractivity contribution in [2.24, 2.45) is 0 Å². The molecular weight excluding hydrogens is 248 g/mol. The van der Waals surface area contributed by atoms with Crippen molar-refractivity contribution in [1.82, 2.24) is 9.38 Å². The minimum absolute atomic E-state index is 0.0984. The Morgan fingerprint density at radius 1 is 1.50 bits per heavy atom. The van der Waals surface area contributed by atoms with Gasteiger partial charge in [-0.3, -0.25) is 0 Å². The monoisotopic (exact) mass is 262 g/mol. The van der Waals surface area contributed by atoms with Crippen molar-refractivity contribution >= 4 is 32.2 Å². The summed E-state index contributed by atoms with van der Waals surface area (Å²) in [6.07, 6.45) is 1.44. The van der Waals surface area contributed by atoms with E-state index in [-0.39, 0.29) is 16.0 Å². The summed E-state index contributed by atoms with van der Waals surface area (Å²) in [5.41, 5.74) is 8.54. The normalized spacial score (nSPS) is 16.7. The van der Waals surface area contributed by atoms with Gasteiger partial charge in [-0.1, -0.05) is 0 Å². The van der Waals surface area contributed by atoms with Crippen LogP contribution in [0.2, 0.25) is 0 Å². The first-order valence-electron chi connectivity index (χ1n) is 4.86. The third-order valence-corrected chi connectivity index (χ3v) is 5.47. The van der Waals surface area contributed by atoms with Crippen LogP contribution in [-0.2, 0) is 9.84 Å². The van der Waals surface area contributed by atoms with Gasteiger partial charge in [-0.05, 0) is 24.4 Å². The Kier molecular flexibility index (Phi) is 2.81. The minimum Gasteiger partial charge on any atom is -0.382 e. The standard InChI is InChI=1S/C8H14N4O2S2/c1-12(2)10-8-6(7(9)11-15-8)16(13,14)5-3-4-5/h5,10H,3-4H2,1-2H3,(H2,9,11). The highest BCUT2D eigenvalue weighted by atomic mass is 32.2. The van der Waals surface area contributed by atoms with Crippen LogP contribution < -0.4 is 11.2 Å². The molecule has 2 rings (SSSR count). The average molecular weight is 262 g/mol. The van der Waals surface area contributed by atoms with Gasteiger partial charge in [0, 0.05) is 14.1 Å². The lowest BCUT2D eigenvalue weighted by Gasteiger charge is -2.12. The summed E-state index contributed by atoms with van der Waals surface area (Å²) in [5.74, 6) is 0.0984. The zero-order chi connectivity index (χ0) is 11.9. The third-order valence-electron chi connectivity index (χ3n) is 2.25. The highest BCUT2D eigenvalue weighted by molar-refractivity contribution is 7.92. The van der Waals surface area contributed by atoms with E-state index in [1.165, 1.54) is 0 Å². The van der Waals surface area contributed by atoms with Crippen LogP contribution in [0.3, 0.4) is 0 Å². The third kappa shape index (κ3) is 2.00. The largest absolute Gasteiger partial charge is 0.382 e. The van der Waals surface area contributed by atoms with E-state index in [0.29, 0.717) is 5.00 Å². The molecule has 90 valence electrons. The van der Waals surface area contributed by atoms with Crippen molar-refractivity contribution in [3.05, 3.63) is 0 Å². The molecule has 16 heavy (non-hydrogen) atoms. The molecule has 0 spiro atoms. The molecular formula is C8H14N4O2S2. The number of sulfone groups is 1. The van der Waals surface area contributed by atoms with Crippen LogP contribution in [0.25, 0.3) is 0 Å². The molecule has 0 radical (unpaired) electrons. The molecule has 0 bridgehead atoms. The zero-order valence-electron chi connectivity index (χ0n) is 9.10. The van der Waals surface area contributed by atoms with Crippen molar-refractivity contribution < 1.29 is 8.42 Å². The predicted octanol–water partition coefficient (Wildman–Crippen LogP) is 0.550. The van der Waals surface area contributed by atoms with Gasteiger partial charge in [-0.25, -0.2) is 13.4 Å². The Morgan fingerprint density at radius 3 is 2.62 bits per heavy atom. The van der Waals surface area contributed by atoms with Crippen LogP contribution in [0.15, 0.2) is 4.90 Å². The first kappa shape index (κ1) is 11.6. The first-order chi connectivity index (χ1) is 7.43. The second kappa shape index (κ2) is 3.86. The molecule has 1 aliphatic rings. The fourth-order valence-corrected chi connectivity index (χ4v) is 4.33. The van der Waals surface area contributed by atoms with Crippen molar-refractivity contribution in [2.45, 2.75) is 23.0 Å². The number of hydrazine groups is 1. The number of nitrogens with one attached hydrogen (secondary N) is 1. The number of hydrogen-bond acceptors (Lipinski definition) is 7. The van der Waals surface area contributed by atoms with Crippen LogP contribution >= 0.6 is 11.5 Å². The SMILES string of the molecule is CN(C)Nc1snc(N)c1S(=O)(=O)C1CC1. The first-order valence-corrected chi connectivity index (χ1v) is 7.18. The molecule has 0 aliphatic heterocycles. The second-order valence-corrected chi connectivity index (χ2v) is 6.91. The van der Waals surface area contributed by atoms with Crippen LogP contribution in [-0.4, -0.2) is 37.1 Å². The molecule has 1 aromatic rings. The fraction of sp³-hybridized carbons (Fsp3) is 0.625. The molecule has 0 atom stereocenters. The summed E-state index contributed by atoms with van der Waals surface area (Å²) in [6.45, 7) is 0. The molecule has 0 saturated heterocycles. The highest BCUT2D eigenvalue weighted by Gasteiger charge is 2.40. The Bertz CT molecular complexity index is 490. The summed E-state index contributed by atoms with van der Waals surface area (Å²) >= 11 is 1.07. The molecule has 1 saturated carbocycles. The predicted molar refractivity (Wildman–Crippen MR) is 64.0 cm³/mol. The molecule has 0 aromatic carbocycles. The van der Waals surface area contributed by atoms with E-state index in [2.05, 4.69) is 9.80 Å². The lowest BCUT2D eigenvalue weighted by atomic mass is 10.6. The van der Waals surface area contributed by atoms with Gasteiger partial charge in [0.25, 0.3) is 0 Å². The van der Waals surface area contributed by atoms with Gasteiger partial charge in [0.15, 0.2) is 15.7 Å². The lowest BCUT2D eigenvalue weighted by molar-refractivity contribution is 0.495. The van der Waals surface area contributed by atoms with Gasteiger partial charge in [-0.2, -0.15) is 4.37 Å². The number of nitrogens with two attached hydrogens (primary N) is 1. The van der Waals surface area contributed by atoms with E-state index in [1.54, 1.807) is 19.1 Å². The number of aromatic nitrogens is 1. The second-order valence-electron chi connectivity index (χ2n) is 3.98. The number of hydrogen-bond donors (Lipinski definition) is 2. The number of nitrogen functional groups attached to an aromatic ring is 1. The molecule has 3 N–H and O–H groups in total. The molecule has 1 heterocycles. The van der Waals surface area contributed by atoms with Crippen LogP contribution in [0, 0.1) is 0 Å². The Morgan fingerprint density at radius 2 is 2.12 bits per heavy atom. The van der Waals surface area contributed by atoms with E-state index < -0.39 is 9.84 Å². The van der Waals surface area contributed by atoms with Crippen molar-refractivity contribution in [3.8, 4) is 0 Å². The van der Waals surface area contributed by atoms with Crippen LogP contribution in [0.4, 0.5) is 10.8 Å². The number of rotatable bonds is 4. The summed E-state index contributed by atoms with van der Waals surface area (Å²) in [4.78, 5) is 0.161. The Balaban J connectivity index is 2.42. The summed E-state index contributed by atoms with van der Waals surface area (Å²) < 4.78 is 28.1. The smallest absolute Gasteiger partial charge is 0.187 e. The van der Waals surface area contributed by atoms with E-state index >= 15 is 0 Å². The average Bonchev–Trinajstić information content (AvgIpc) is 2.92. The van der Waals surface area contributed by atoms with Crippen molar-refractivity contribution in [2.75, 3.05) is 25.3 Å². The van der Waals surface area contributed by atoms with Gasteiger partial charge >= 0.3 is 0 Å².